The molecular formula is C6H9N3O. The smallest absolute Gasteiger partial charge is 0.109 e. The predicted molar refractivity (Wildman–Crippen MR) is 37.4 cm³/mol. The third kappa shape index (κ3) is 1.21. The second-order valence-corrected chi connectivity index (χ2v) is 2.20. The van der Waals surface area contributed by atoms with E-state index in [1.54, 1.807) is 10.9 Å². The summed E-state index contributed by atoms with van der Waals surface area (Å²) in [6, 6.07) is 0. The molecule has 0 saturated heterocycles. The summed E-state index contributed by atoms with van der Waals surface area (Å²) >= 11 is 0. The molecule has 0 aliphatic rings. The Balaban J connectivity index is 2.91. The Morgan fingerprint density at radius 1 is 1.80 bits per heavy atom. The molecule has 0 bridgehead atoms. The van der Waals surface area contributed by atoms with Crippen LogP contribution in [0.2, 0.25) is 0 Å². The molecule has 0 amide bonds. The van der Waals surface area contributed by atoms with Crippen molar-refractivity contribution >= 4 is 0 Å². The number of aryl methyl sites for hydroxylation is 2. The van der Waals surface area contributed by atoms with Gasteiger partial charge in [0.1, 0.15) is 6.54 Å². The third-order valence-electron chi connectivity index (χ3n) is 1.35. The molecule has 1 rings (SSSR count). The number of hydrogen-bond donors (Lipinski definition) is 0. The summed E-state index contributed by atoms with van der Waals surface area (Å²) in [4.78, 5) is 9.85. The maximum Gasteiger partial charge on any atom is 0.109 e. The Morgan fingerprint density at radius 2 is 2.50 bits per heavy atom. The van der Waals surface area contributed by atoms with Crippen molar-refractivity contribution in [2.75, 3.05) is 0 Å². The van der Waals surface area contributed by atoms with Gasteiger partial charge >= 0.3 is 0 Å². The molecule has 0 radical (unpaired) electrons. The van der Waals surface area contributed by atoms with Crippen LogP contribution < -0.4 is 0 Å². The Kier molecular flexibility index (Phi) is 1.80. The standard InChI is InChI=1S/C6H9N3O/c1-5-6(3-7-10)4-9(2)8-5/h4H,3H2,1-2H3. The van der Waals surface area contributed by atoms with Gasteiger partial charge in [-0.3, -0.25) is 4.68 Å². The maximum absolute atomic E-state index is 9.85. The van der Waals surface area contributed by atoms with Gasteiger partial charge in [-0.1, -0.05) is 5.18 Å². The SMILES string of the molecule is Cc1nn(C)cc1CN=O. The highest BCUT2D eigenvalue weighted by atomic mass is 16.3. The van der Waals surface area contributed by atoms with Gasteiger partial charge in [-0.05, 0) is 6.92 Å². The van der Waals surface area contributed by atoms with Crippen molar-refractivity contribution in [1.29, 1.82) is 0 Å². The molecule has 1 aromatic rings. The van der Waals surface area contributed by atoms with E-state index in [-0.39, 0.29) is 6.54 Å². The first-order valence-corrected chi connectivity index (χ1v) is 3.02. The third-order valence-corrected chi connectivity index (χ3v) is 1.35. The maximum atomic E-state index is 9.85. The van der Waals surface area contributed by atoms with Gasteiger partial charge in [0.15, 0.2) is 0 Å². The Morgan fingerprint density at radius 3 is 2.90 bits per heavy atom. The van der Waals surface area contributed by atoms with E-state index < -0.39 is 0 Å². The molecule has 4 heteroatoms. The highest BCUT2D eigenvalue weighted by Crippen LogP contribution is 2.04. The molecule has 0 unspecified atom stereocenters. The molecule has 1 aromatic heterocycles. The lowest BCUT2D eigenvalue weighted by molar-refractivity contribution is 0.756. The van der Waals surface area contributed by atoms with Crippen LogP contribution in [0.5, 0.6) is 0 Å². The first-order valence-electron chi connectivity index (χ1n) is 3.02. The zero-order valence-electron chi connectivity index (χ0n) is 6.03. The number of nitrogens with zero attached hydrogens (tertiary/aromatic N) is 3. The molecule has 0 fully saturated rings. The van der Waals surface area contributed by atoms with E-state index in [4.69, 9.17) is 0 Å². The van der Waals surface area contributed by atoms with Crippen LogP contribution in [0.3, 0.4) is 0 Å². The number of aromatic nitrogens is 2. The van der Waals surface area contributed by atoms with Gasteiger partial charge < -0.3 is 0 Å². The van der Waals surface area contributed by atoms with Crippen molar-refractivity contribution in [3.05, 3.63) is 22.4 Å². The van der Waals surface area contributed by atoms with Gasteiger partial charge in [0.2, 0.25) is 0 Å². The lowest BCUT2D eigenvalue weighted by Gasteiger charge is -1.83. The van der Waals surface area contributed by atoms with Crippen molar-refractivity contribution < 1.29 is 0 Å². The van der Waals surface area contributed by atoms with Crippen LogP contribution in [0.1, 0.15) is 11.3 Å². The zero-order valence-corrected chi connectivity index (χ0v) is 6.03. The molecule has 1 heterocycles. The fourth-order valence-electron chi connectivity index (χ4n) is 0.873. The molecule has 0 spiro atoms. The van der Waals surface area contributed by atoms with Crippen molar-refractivity contribution in [2.45, 2.75) is 13.5 Å². The second kappa shape index (κ2) is 2.60. The van der Waals surface area contributed by atoms with Gasteiger partial charge in [-0.15, -0.1) is 0 Å². The lowest BCUT2D eigenvalue weighted by Crippen LogP contribution is -1.86. The van der Waals surface area contributed by atoms with Gasteiger partial charge in [-0.2, -0.15) is 10.0 Å². The van der Waals surface area contributed by atoms with E-state index in [0.717, 1.165) is 11.3 Å². The van der Waals surface area contributed by atoms with E-state index in [0.29, 0.717) is 0 Å². The van der Waals surface area contributed by atoms with Crippen LogP contribution in [0.4, 0.5) is 0 Å². The van der Waals surface area contributed by atoms with Crippen LogP contribution in [-0.2, 0) is 13.6 Å². The first kappa shape index (κ1) is 6.92. The van der Waals surface area contributed by atoms with Crippen LogP contribution in [-0.4, -0.2) is 9.78 Å². The Hall–Kier alpha value is -1.19. The summed E-state index contributed by atoms with van der Waals surface area (Å²) in [5.41, 5.74) is 1.78. The highest BCUT2D eigenvalue weighted by Gasteiger charge is 2.00. The monoisotopic (exact) mass is 139 g/mol. The van der Waals surface area contributed by atoms with E-state index in [2.05, 4.69) is 10.3 Å². The topological polar surface area (TPSA) is 47.2 Å². The van der Waals surface area contributed by atoms with E-state index in [9.17, 15) is 4.91 Å². The zero-order chi connectivity index (χ0) is 7.56. The lowest BCUT2D eigenvalue weighted by atomic mass is 10.3. The molecule has 4 nitrogen and oxygen atoms in total. The number of hydrogen-bond acceptors (Lipinski definition) is 3. The highest BCUT2D eigenvalue weighted by molar-refractivity contribution is 5.14. The number of rotatable bonds is 2. The Labute approximate surface area is 58.8 Å². The van der Waals surface area contributed by atoms with Crippen LogP contribution in [0.15, 0.2) is 11.4 Å². The largest absolute Gasteiger partial charge is 0.275 e. The summed E-state index contributed by atoms with van der Waals surface area (Å²) in [7, 11) is 1.82. The molecule has 0 atom stereocenters. The minimum absolute atomic E-state index is 0.222. The minimum Gasteiger partial charge on any atom is -0.275 e. The normalized spacial score (nSPS) is 9.80. The van der Waals surface area contributed by atoms with Gasteiger partial charge in [-0.25, -0.2) is 0 Å². The van der Waals surface area contributed by atoms with E-state index in [1.165, 1.54) is 0 Å². The second-order valence-electron chi connectivity index (χ2n) is 2.20. The molecular weight excluding hydrogens is 130 g/mol. The summed E-state index contributed by atoms with van der Waals surface area (Å²) in [5.74, 6) is 0. The van der Waals surface area contributed by atoms with Crippen molar-refractivity contribution in [3.8, 4) is 0 Å². The average molecular weight is 139 g/mol. The number of nitroso groups, excluding NO2 is 1. The van der Waals surface area contributed by atoms with Crippen LogP contribution in [0, 0.1) is 11.8 Å². The molecule has 0 aliphatic heterocycles. The van der Waals surface area contributed by atoms with Gasteiger partial charge in [0, 0.05) is 18.8 Å². The fraction of sp³-hybridized carbons (Fsp3) is 0.500. The molecule has 0 saturated carbocycles. The average Bonchev–Trinajstić information content (AvgIpc) is 2.13. The first-order chi connectivity index (χ1) is 4.74. The van der Waals surface area contributed by atoms with E-state index >= 15 is 0 Å². The van der Waals surface area contributed by atoms with Gasteiger partial charge in [0.25, 0.3) is 0 Å². The van der Waals surface area contributed by atoms with Crippen molar-refractivity contribution in [3.63, 3.8) is 0 Å². The quantitative estimate of drug-likeness (QED) is 0.574. The van der Waals surface area contributed by atoms with Gasteiger partial charge in [0.05, 0.1) is 5.69 Å². The molecule has 0 N–H and O–H groups in total. The minimum atomic E-state index is 0.222. The fourth-order valence-corrected chi connectivity index (χ4v) is 0.873. The summed E-state index contributed by atoms with van der Waals surface area (Å²) in [6.07, 6.45) is 1.80. The van der Waals surface area contributed by atoms with E-state index in [1.807, 2.05) is 14.0 Å². The summed E-state index contributed by atoms with van der Waals surface area (Å²) in [5, 5.41) is 6.82. The summed E-state index contributed by atoms with van der Waals surface area (Å²) in [6.45, 7) is 2.08. The molecule has 0 aromatic carbocycles. The molecule has 0 aliphatic carbocycles. The molecule has 54 valence electrons. The van der Waals surface area contributed by atoms with Crippen LogP contribution >= 0.6 is 0 Å². The Bertz CT molecular complexity index is 241. The summed E-state index contributed by atoms with van der Waals surface area (Å²) < 4.78 is 1.68. The van der Waals surface area contributed by atoms with Crippen molar-refractivity contribution in [1.82, 2.24) is 9.78 Å². The van der Waals surface area contributed by atoms with Crippen LogP contribution in [0.25, 0.3) is 0 Å². The predicted octanol–water partition coefficient (Wildman–Crippen LogP) is 0.995. The van der Waals surface area contributed by atoms with Crippen molar-refractivity contribution in [2.24, 2.45) is 12.2 Å². The molecule has 10 heavy (non-hydrogen) atoms.